The third-order valence-corrected chi connectivity index (χ3v) is 5.83. The number of hydrogen-bond acceptors (Lipinski definition) is 3. The Balaban J connectivity index is 0.00000104. The highest BCUT2D eigenvalue weighted by Crippen LogP contribution is 2.23. The van der Waals surface area contributed by atoms with Crippen LogP contribution in [0.25, 0.3) is 0 Å². The van der Waals surface area contributed by atoms with Gasteiger partial charge in [-0.1, -0.05) is 60.1 Å². The monoisotopic (exact) mass is 371 g/mol. The molecule has 0 amide bonds. The van der Waals surface area contributed by atoms with Crippen LogP contribution in [-0.2, 0) is 14.8 Å². The normalized spacial score (nSPS) is 15.8. The van der Waals surface area contributed by atoms with Gasteiger partial charge in [0.2, 0.25) is 10.0 Å². The third-order valence-electron chi connectivity index (χ3n) is 3.92. The summed E-state index contributed by atoms with van der Waals surface area (Å²) in [4.78, 5) is 0.387. The second kappa shape index (κ2) is 12.4. The molecule has 0 saturated carbocycles. The molecule has 0 unspecified atom stereocenters. The number of sulfonamides is 1. The minimum atomic E-state index is -3.36. The van der Waals surface area contributed by atoms with Gasteiger partial charge >= 0.3 is 0 Å². The molecule has 0 aromatic heterocycles. The first kappa shape index (κ1) is 24.1. The number of piperidine rings is 1. The van der Waals surface area contributed by atoms with Crippen molar-refractivity contribution in [3.63, 3.8) is 0 Å². The summed E-state index contributed by atoms with van der Waals surface area (Å²) in [6.45, 7) is 13.5. The van der Waals surface area contributed by atoms with Crippen LogP contribution in [-0.4, -0.2) is 39.0 Å². The molecule has 5 heteroatoms. The van der Waals surface area contributed by atoms with E-state index in [0.717, 1.165) is 18.4 Å². The Morgan fingerprint density at radius 1 is 1.08 bits per heavy atom. The molecule has 1 saturated heterocycles. The Bertz CT molecular complexity index is 545. The van der Waals surface area contributed by atoms with Gasteiger partial charge in [0.15, 0.2) is 0 Å². The summed E-state index contributed by atoms with van der Waals surface area (Å²) in [6.07, 6.45) is 2.96. The maximum Gasteiger partial charge on any atom is 0.243 e. The number of hydrogen-bond donors (Lipinski definition) is 0. The van der Waals surface area contributed by atoms with Crippen molar-refractivity contribution in [3.05, 3.63) is 29.8 Å². The van der Waals surface area contributed by atoms with Gasteiger partial charge in [0.05, 0.1) is 11.0 Å². The lowest BCUT2D eigenvalue weighted by Crippen LogP contribution is -2.40. The largest absolute Gasteiger partial charge is 0.381 e. The molecule has 1 fully saturated rings. The molecular weight excluding hydrogens is 334 g/mol. The summed E-state index contributed by atoms with van der Waals surface area (Å²) in [5.41, 5.74) is 1.15. The molecule has 2 rings (SSSR count). The molecule has 146 valence electrons. The number of nitrogens with zero attached hydrogens (tertiary/aromatic N) is 1. The molecular formula is C20H37NO3S. The molecule has 25 heavy (non-hydrogen) atoms. The van der Waals surface area contributed by atoms with Crippen molar-refractivity contribution < 1.29 is 13.2 Å². The van der Waals surface area contributed by atoms with Gasteiger partial charge in [0.25, 0.3) is 0 Å². The van der Waals surface area contributed by atoms with E-state index in [1.54, 1.807) is 23.5 Å². The second-order valence-corrected chi connectivity index (χ2v) is 8.21. The van der Waals surface area contributed by atoms with E-state index in [0.29, 0.717) is 23.9 Å². The van der Waals surface area contributed by atoms with Crippen molar-refractivity contribution in [2.24, 2.45) is 0 Å². The van der Waals surface area contributed by atoms with Crippen LogP contribution < -0.4 is 0 Å². The van der Waals surface area contributed by atoms with Crippen molar-refractivity contribution >= 4 is 10.0 Å². The van der Waals surface area contributed by atoms with Crippen LogP contribution in [0.4, 0.5) is 0 Å². The van der Waals surface area contributed by atoms with Crippen LogP contribution in [0.5, 0.6) is 0 Å². The van der Waals surface area contributed by atoms with E-state index in [4.69, 9.17) is 4.74 Å². The maximum absolute atomic E-state index is 12.5. The highest BCUT2D eigenvalue weighted by molar-refractivity contribution is 7.89. The van der Waals surface area contributed by atoms with E-state index in [9.17, 15) is 8.42 Å². The lowest BCUT2D eigenvalue weighted by molar-refractivity contribution is 0.0604. The molecule has 1 aromatic carbocycles. The van der Waals surface area contributed by atoms with Gasteiger partial charge in [-0.15, -0.1) is 0 Å². The van der Waals surface area contributed by atoms with Gasteiger partial charge in [-0.25, -0.2) is 8.42 Å². The zero-order valence-electron chi connectivity index (χ0n) is 17.1. The standard InChI is InChI=1S/C15H23NO3S.C3H8.C2H6/c1-12(2)13-4-6-15(7-5-13)20(17,18)16-10-8-14(19-3)9-11-16;1-3-2;1-2/h4-7,12,14H,8-11H2,1-3H3;3H2,1-2H3;1-2H3. The molecule has 1 aliphatic heterocycles. The van der Waals surface area contributed by atoms with Crippen LogP contribution in [0, 0.1) is 0 Å². The van der Waals surface area contributed by atoms with Crippen molar-refractivity contribution in [1.29, 1.82) is 0 Å². The number of methoxy groups -OCH3 is 1. The summed E-state index contributed by atoms with van der Waals surface area (Å²) in [7, 11) is -1.68. The van der Waals surface area contributed by atoms with Gasteiger partial charge in [-0.3, -0.25) is 0 Å². The van der Waals surface area contributed by atoms with E-state index in [2.05, 4.69) is 27.7 Å². The highest BCUT2D eigenvalue weighted by Gasteiger charge is 2.29. The Morgan fingerprint density at radius 2 is 1.52 bits per heavy atom. The Labute approximate surface area is 155 Å². The smallest absolute Gasteiger partial charge is 0.243 e. The summed E-state index contributed by atoms with van der Waals surface area (Å²) < 4.78 is 31.9. The van der Waals surface area contributed by atoms with Crippen LogP contribution in [0.3, 0.4) is 0 Å². The molecule has 0 radical (unpaired) electrons. The SMILES string of the molecule is CC.CCC.COC1CCN(S(=O)(=O)c2ccc(C(C)C)cc2)CC1. The van der Waals surface area contributed by atoms with Crippen molar-refractivity contribution in [1.82, 2.24) is 4.31 Å². The van der Waals surface area contributed by atoms with E-state index in [1.807, 2.05) is 26.0 Å². The van der Waals surface area contributed by atoms with Crippen molar-refractivity contribution in [3.8, 4) is 0 Å². The van der Waals surface area contributed by atoms with E-state index >= 15 is 0 Å². The van der Waals surface area contributed by atoms with Crippen molar-refractivity contribution in [2.45, 2.75) is 77.7 Å². The predicted molar refractivity (Wildman–Crippen MR) is 107 cm³/mol. The first-order chi connectivity index (χ1) is 11.9. The zero-order chi connectivity index (χ0) is 19.5. The number of benzene rings is 1. The van der Waals surface area contributed by atoms with Crippen LogP contribution in [0.1, 0.15) is 72.3 Å². The lowest BCUT2D eigenvalue weighted by Gasteiger charge is -2.30. The highest BCUT2D eigenvalue weighted by atomic mass is 32.2. The first-order valence-corrected chi connectivity index (χ1v) is 10.9. The van der Waals surface area contributed by atoms with Gasteiger partial charge in [-0.05, 0) is 36.5 Å². The third kappa shape index (κ3) is 7.47. The van der Waals surface area contributed by atoms with Crippen LogP contribution in [0.2, 0.25) is 0 Å². The minimum absolute atomic E-state index is 0.185. The lowest BCUT2D eigenvalue weighted by atomic mass is 10.0. The first-order valence-electron chi connectivity index (χ1n) is 9.49. The fourth-order valence-corrected chi connectivity index (χ4v) is 3.95. The second-order valence-electron chi connectivity index (χ2n) is 6.27. The number of rotatable bonds is 4. The number of ether oxygens (including phenoxy) is 1. The Hall–Kier alpha value is -0.910. The molecule has 0 aliphatic carbocycles. The summed E-state index contributed by atoms with van der Waals surface area (Å²) in [6, 6.07) is 7.24. The van der Waals surface area contributed by atoms with E-state index in [-0.39, 0.29) is 6.10 Å². The molecule has 1 aromatic rings. The van der Waals surface area contributed by atoms with Crippen LogP contribution in [0.15, 0.2) is 29.2 Å². The van der Waals surface area contributed by atoms with E-state index < -0.39 is 10.0 Å². The topological polar surface area (TPSA) is 46.6 Å². The fraction of sp³-hybridized carbons (Fsp3) is 0.700. The quantitative estimate of drug-likeness (QED) is 0.744. The fourth-order valence-electron chi connectivity index (χ4n) is 2.48. The maximum atomic E-state index is 12.5. The Morgan fingerprint density at radius 3 is 1.88 bits per heavy atom. The molecule has 0 spiro atoms. The van der Waals surface area contributed by atoms with Gasteiger partial charge in [-0.2, -0.15) is 4.31 Å². The Kier molecular flexibility index (Phi) is 12.0. The van der Waals surface area contributed by atoms with E-state index in [1.165, 1.54) is 6.42 Å². The van der Waals surface area contributed by atoms with Crippen molar-refractivity contribution in [2.75, 3.05) is 20.2 Å². The molecule has 1 heterocycles. The van der Waals surface area contributed by atoms with Gasteiger partial charge < -0.3 is 4.74 Å². The molecule has 0 bridgehead atoms. The minimum Gasteiger partial charge on any atom is -0.381 e. The average molecular weight is 372 g/mol. The summed E-state index contributed by atoms with van der Waals surface area (Å²) in [5, 5.41) is 0. The molecule has 4 nitrogen and oxygen atoms in total. The van der Waals surface area contributed by atoms with Crippen LogP contribution >= 0.6 is 0 Å². The van der Waals surface area contributed by atoms with Gasteiger partial charge in [0, 0.05) is 20.2 Å². The molecule has 0 N–H and O–H groups in total. The predicted octanol–water partition coefficient (Wildman–Crippen LogP) is 5.05. The summed E-state index contributed by atoms with van der Waals surface area (Å²) >= 11 is 0. The average Bonchev–Trinajstić information content (AvgIpc) is 2.64. The molecule has 0 atom stereocenters. The zero-order valence-corrected chi connectivity index (χ0v) is 17.9. The molecule has 1 aliphatic rings. The summed E-state index contributed by atoms with van der Waals surface area (Å²) in [5.74, 6) is 0.407. The van der Waals surface area contributed by atoms with Gasteiger partial charge in [0.1, 0.15) is 0 Å².